The average molecular weight is 224 g/mol. The van der Waals surface area contributed by atoms with Crippen molar-refractivity contribution in [3.63, 3.8) is 0 Å². The SMILES string of the molecule is CNCC(=O)c1cc(Cl)c2c(c1)CCC2. The van der Waals surface area contributed by atoms with E-state index < -0.39 is 0 Å². The van der Waals surface area contributed by atoms with Crippen molar-refractivity contribution in [2.45, 2.75) is 19.3 Å². The number of rotatable bonds is 3. The Balaban J connectivity index is 2.35. The molecule has 2 rings (SSSR count). The Morgan fingerprint density at radius 2 is 2.27 bits per heavy atom. The van der Waals surface area contributed by atoms with Crippen LogP contribution in [0.25, 0.3) is 0 Å². The molecule has 0 fully saturated rings. The van der Waals surface area contributed by atoms with Gasteiger partial charge in [-0.2, -0.15) is 0 Å². The second-order valence-electron chi connectivity index (χ2n) is 3.90. The molecule has 0 unspecified atom stereocenters. The lowest BCUT2D eigenvalue weighted by Crippen LogP contribution is -2.18. The molecule has 3 heteroatoms. The molecule has 0 heterocycles. The summed E-state index contributed by atoms with van der Waals surface area (Å²) in [6, 6.07) is 3.79. The number of Topliss-reactive ketones (excluding diaryl/α,β-unsaturated/α-hetero) is 1. The fraction of sp³-hybridized carbons (Fsp3) is 0.417. The molecule has 0 radical (unpaired) electrons. The van der Waals surface area contributed by atoms with Gasteiger partial charge in [-0.05, 0) is 49.6 Å². The monoisotopic (exact) mass is 223 g/mol. The first-order chi connectivity index (χ1) is 7.22. The van der Waals surface area contributed by atoms with E-state index in [9.17, 15) is 4.79 Å². The summed E-state index contributed by atoms with van der Waals surface area (Å²) < 4.78 is 0. The molecule has 15 heavy (non-hydrogen) atoms. The number of carbonyl (C=O) groups is 1. The molecule has 0 aliphatic heterocycles. The van der Waals surface area contributed by atoms with Crippen LogP contribution in [0.1, 0.15) is 27.9 Å². The highest BCUT2D eigenvalue weighted by atomic mass is 35.5. The van der Waals surface area contributed by atoms with Crippen molar-refractivity contribution in [2.75, 3.05) is 13.6 Å². The lowest BCUT2D eigenvalue weighted by molar-refractivity contribution is 0.0993. The number of benzene rings is 1. The average Bonchev–Trinajstić information content (AvgIpc) is 2.66. The Labute approximate surface area is 94.6 Å². The first-order valence-corrected chi connectivity index (χ1v) is 5.59. The Morgan fingerprint density at radius 1 is 1.47 bits per heavy atom. The molecule has 1 N–H and O–H groups in total. The second-order valence-corrected chi connectivity index (χ2v) is 4.31. The van der Waals surface area contributed by atoms with Crippen LogP contribution in [0.4, 0.5) is 0 Å². The minimum Gasteiger partial charge on any atom is -0.313 e. The maximum Gasteiger partial charge on any atom is 0.176 e. The van der Waals surface area contributed by atoms with E-state index in [1.807, 2.05) is 6.07 Å². The van der Waals surface area contributed by atoms with Gasteiger partial charge in [0.1, 0.15) is 0 Å². The first-order valence-electron chi connectivity index (χ1n) is 5.21. The van der Waals surface area contributed by atoms with E-state index in [0.29, 0.717) is 6.54 Å². The maximum absolute atomic E-state index is 11.7. The van der Waals surface area contributed by atoms with Crippen molar-refractivity contribution in [3.05, 3.63) is 33.8 Å². The topological polar surface area (TPSA) is 29.1 Å². The van der Waals surface area contributed by atoms with Gasteiger partial charge in [-0.25, -0.2) is 0 Å². The van der Waals surface area contributed by atoms with E-state index in [4.69, 9.17) is 11.6 Å². The molecule has 0 saturated carbocycles. The summed E-state index contributed by atoms with van der Waals surface area (Å²) in [5.41, 5.74) is 3.22. The van der Waals surface area contributed by atoms with Crippen molar-refractivity contribution in [1.82, 2.24) is 5.32 Å². The summed E-state index contributed by atoms with van der Waals surface area (Å²) in [7, 11) is 1.77. The number of aryl methyl sites for hydroxylation is 1. The van der Waals surface area contributed by atoms with Gasteiger partial charge in [-0.3, -0.25) is 4.79 Å². The van der Waals surface area contributed by atoms with Crippen LogP contribution in [0.2, 0.25) is 5.02 Å². The molecule has 0 atom stereocenters. The number of hydrogen-bond donors (Lipinski definition) is 1. The summed E-state index contributed by atoms with van der Waals surface area (Å²) in [6.45, 7) is 0.370. The smallest absolute Gasteiger partial charge is 0.176 e. The molecule has 1 aliphatic carbocycles. The highest BCUT2D eigenvalue weighted by Gasteiger charge is 2.17. The molecule has 1 aromatic carbocycles. The molecular weight excluding hydrogens is 210 g/mol. The number of fused-ring (bicyclic) bond motifs is 1. The Morgan fingerprint density at radius 3 is 3.00 bits per heavy atom. The third-order valence-corrected chi connectivity index (χ3v) is 3.16. The molecule has 1 aliphatic rings. The largest absolute Gasteiger partial charge is 0.313 e. The zero-order valence-corrected chi connectivity index (χ0v) is 9.53. The van der Waals surface area contributed by atoms with Gasteiger partial charge in [-0.15, -0.1) is 0 Å². The summed E-state index contributed by atoms with van der Waals surface area (Å²) in [5.74, 6) is 0.106. The van der Waals surface area contributed by atoms with Crippen molar-refractivity contribution in [2.24, 2.45) is 0 Å². The van der Waals surface area contributed by atoms with Crippen molar-refractivity contribution in [3.8, 4) is 0 Å². The number of hydrogen-bond acceptors (Lipinski definition) is 2. The van der Waals surface area contributed by atoms with Gasteiger partial charge < -0.3 is 5.32 Å². The zero-order valence-electron chi connectivity index (χ0n) is 8.77. The predicted octanol–water partition coefficient (Wildman–Crippen LogP) is 2.23. The minimum atomic E-state index is 0.106. The second kappa shape index (κ2) is 4.33. The van der Waals surface area contributed by atoms with Crippen LogP contribution in [-0.4, -0.2) is 19.4 Å². The van der Waals surface area contributed by atoms with Gasteiger partial charge in [0.25, 0.3) is 0 Å². The van der Waals surface area contributed by atoms with E-state index in [0.717, 1.165) is 29.8 Å². The third-order valence-electron chi connectivity index (χ3n) is 2.82. The Kier molecular flexibility index (Phi) is 3.08. The molecule has 0 amide bonds. The quantitative estimate of drug-likeness (QED) is 0.797. The standard InChI is InChI=1S/C12H14ClNO/c1-14-7-12(15)9-5-8-3-2-4-10(8)11(13)6-9/h5-6,14H,2-4,7H2,1H3. The molecule has 0 bridgehead atoms. The number of ketones is 1. The number of halogens is 1. The normalized spacial score (nSPS) is 14.0. The maximum atomic E-state index is 11.7. The van der Waals surface area contributed by atoms with Crippen LogP contribution < -0.4 is 5.32 Å². The van der Waals surface area contributed by atoms with Crippen LogP contribution in [0.5, 0.6) is 0 Å². The fourth-order valence-electron chi connectivity index (χ4n) is 2.08. The fourth-order valence-corrected chi connectivity index (χ4v) is 2.41. The van der Waals surface area contributed by atoms with Gasteiger partial charge in [0, 0.05) is 10.6 Å². The predicted molar refractivity (Wildman–Crippen MR) is 61.7 cm³/mol. The summed E-state index contributed by atoms with van der Waals surface area (Å²) in [4.78, 5) is 11.7. The van der Waals surface area contributed by atoms with E-state index >= 15 is 0 Å². The number of carbonyl (C=O) groups excluding carboxylic acids is 1. The molecule has 2 nitrogen and oxygen atoms in total. The summed E-state index contributed by atoms with van der Waals surface area (Å²) >= 11 is 6.15. The van der Waals surface area contributed by atoms with Gasteiger partial charge in [0.15, 0.2) is 5.78 Å². The van der Waals surface area contributed by atoms with Gasteiger partial charge in [0.05, 0.1) is 6.54 Å². The van der Waals surface area contributed by atoms with E-state index in [1.54, 1.807) is 13.1 Å². The molecule has 0 saturated heterocycles. The van der Waals surface area contributed by atoms with Gasteiger partial charge >= 0.3 is 0 Å². The molecule has 0 aromatic heterocycles. The highest BCUT2D eigenvalue weighted by molar-refractivity contribution is 6.32. The van der Waals surface area contributed by atoms with E-state index in [1.165, 1.54) is 11.1 Å². The van der Waals surface area contributed by atoms with Crippen LogP contribution >= 0.6 is 11.6 Å². The first kappa shape index (κ1) is 10.7. The Hall–Kier alpha value is -0.860. The molecule has 1 aromatic rings. The van der Waals surface area contributed by atoms with E-state index in [-0.39, 0.29) is 5.78 Å². The van der Waals surface area contributed by atoms with E-state index in [2.05, 4.69) is 5.32 Å². The molecular formula is C12H14ClNO. The lowest BCUT2D eigenvalue weighted by atomic mass is 10.0. The van der Waals surface area contributed by atoms with Crippen molar-refractivity contribution >= 4 is 17.4 Å². The van der Waals surface area contributed by atoms with Crippen LogP contribution in [0.3, 0.4) is 0 Å². The highest BCUT2D eigenvalue weighted by Crippen LogP contribution is 2.30. The number of likely N-dealkylation sites (N-methyl/N-ethyl adjacent to an activating group) is 1. The minimum absolute atomic E-state index is 0.106. The third kappa shape index (κ3) is 2.06. The van der Waals surface area contributed by atoms with Crippen LogP contribution in [0.15, 0.2) is 12.1 Å². The number of nitrogens with one attached hydrogen (secondary N) is 1. The summed E-state index contributed by atoms with van der Waals surface area (Å²) in [6.07, 6.45) is 3.25. The van der Waals surface area contributed by atoms with Crippen molar-refractivity contribution < 1.29 is 4.79 Å². The lowest BCUT2D eigenvalue weighted by Gasteiger charge is -2.06. The van der Waals surface area contributed by atoms with Gasteiger partial charge in [-0.1, -0.05) is 11.6 Å². The zero-order chi connectivity index (χ0) is 10.8. The van der Waals surface area contributed by atoms with Crippen molar-refractivity contribution in [1.29, 1.82) is 0 Å². The molecule has 0 spiro atoms. The summed E-state index contributed by atoms with van der Waals surface area (Å²) in [5, 5.41) is 3.61. The van der Waals surface area contributed by atoms with Crippen LogP contribution in [-0.2, 0) is 12.8 Å². The molecule has 80 valence electrons. The Bertz CT molecular complexity index is 401. The van der Waals surface area contributed by atoms with Gasteiger partial charge in [0.2, 0.25) is 0 Å². The van der Waals surface area contributed by atoms with Crippen LogP contribution in [0, 0.1) is 0 Å².